The van der Waals surface area contributed by atoms with Crippen LogP contribution < -0.4 is 5.32 Å². The second-order valence-electron chi connectivity index (χ2n) is 3.25. The Morgan fingerprint density at radius 2 is 2.15 bits per heavy atom. The third-order valence-electron chi connectivity index (χ3n) is 2.31. The standard InChI is InChI=1S/C9H16N2O2/c1-3-5-7-6-10-9(13)11(4-2)8(7)12/h7H,3-6H2,1-2H3,(H,10,13). The minimum atomic E-state index is -0.250. The molecule has 1 rings (SSSR count). The molecule has 1 aliphatic rings. The molecule has 1 fully saturated rings. The predicted molar refractivity (Wildman–Crippen MR) is 49.2 cm³/mol. The van der Waals surface area contributed by atoms with E-state index in [1.165, 1.54) is 4.90 Å². The number of hydrogen-bond donors (Lipinski definition) is 1. The zero-order valence-corrected chi connectivity index (χ0v) is 8.17. The first-order chi connectivity index (χ1) is 6.20. The Hall–Kier alpha value is -1.06. The minimum Gasteiger partial charge on any atom is -0.337 e. The van der Waals surface area contributed by atoms with Gasteiger partial charge >= 0.3 is 6.03 Å². The van der Waals surface area contributed by atoms with Crippen molar-refractivity contribution in [3.05, 3.63) is 0 Å². The lowest BCUT2D eigenvalue weighted by Crippen LogP contribution is -2.54. The van der Waals surface area contributed by atoms with Crippen molar-refractivity contribution in [2.24, 2.45) is 5.92 Å². The Kier molecular flexibility index (Phi) is 3.28. The summed E-state index contributed by atoms with van der Waals surface area (Å²) in [7, 11) is 0. The molecule has 0 bridgehead atoms. The summed E-state index contributed by atoms with van der Waals surface area (Å²) in [6, 6.07) is -0.250. The molecule has 1 N–H and O–H groups in total. The fourth-order valence-electron chi connectivity index (χ4n) is 1.59. The van der Waals surface area contributed by atoms with Crippen molar-refractivity contribution in [1.29, 1.82) is 0 Å². The largest absolute Gasteiger partial charge is 0.337 e. The fourth-order valence-corrected chi connectivity index (χ4v) is 1.59. The first-order valence-corrected chi connectivity index (χ1v) is 4.79. The molecular weight excluding hydrogens is 168 g/mol. The lowest BCUT2D eigenvalue weighted by molar-refractivity contribution is -0.133. The van der Waals surface area contributed by atoms with Gasteiger partial charge in [-0.2, -0.15) is 0 Å². The van der Waals surface area contributed by atoms with Crippen molar-refractivity contribution in [1.82, 2.24) is 10.2 Å². The molecular formula is C9H16N2O2. The van der Waals surface area contributed by atoms with Crippen molar-refractivity contribution in [2.75, 3.05) is 13.1 Å². The Morgan fingerprint density at radius 1 is 1.46 bits per heavy atom. The van der Waals surface area contributed by atoms with E-state index in [0.717, 1.165) is 12.8 Å². The van der Waals surface area contributed by atoms with Crippen LogP contribution in [0.4, 0.5) is 4.79 Å². The van der Waals surface area contributed by atoms with E-state index in [9.17, 15) is 9.59 Å². The van der Waals surface area contributed by atoms with E-state index in [-0.39, 0.29) is 17.9 Å². The average molecular weight is 184 g/mol. The molecule has 0 saturated carbocycles. The van der Waals surface area contributed by atoms with E-state index in [1.54, 1.807) is 0 Å². The lowest BCUT2D eigenvalue weighted by atomic mass is 10.0. The van der Waals surface area contributed by atoms with E-state index >= 15 is 0 Å². The van der Waals surface area contributed by atoms with Gasteiger partial charge in [-0.15, -0.1) is 0 Å². The lowest BCUT2D eigenvalue weighted by Gasteiger charge is -2.30. The van der Waals surface area contributed by atoms with Crippen molar-refractivity contribution in [3.63, 3.8) is 0 Å². The third-order valence-corrected chi connectivity index (χ3v) is 2.31. The highest BCUT2D eigenvalue weighted by Crippen LogP contribution is 2.13. The van der Waals surface area contributed by atoms with Gasteiger partial charge in [0.15, 0.2) is 0 Å². The van der Waals surface area contributed by atoms with E-state index in [4.69, 9.17) is 0 Å². The maximum Gasteiger partial charge on any atom is 0.324 e. The predicted octanol–water partition coefficient (Wildman–Crippen LogP) is 0.974. The van der Waals surface area contributed by atoms with Gasteiger partial charge in [0.2, 0.25) is 5.91 Å². The van der Waals surface area contributed by atoms with Gasteiger partial charge in [0.05, 0.1) is 5.92 Å². The zero-order chi connectivity index (χ0) is 9.84. The number of carbonyl (C=O) groups excluding carboxylic acids is 2. The Labute approximate surface area is 78.3 Å². The van der Waals surface area contributed by atoms with Crippen LogP contribution in [-0.4, -0.2) is 29.9 Å². The molecule has 1 heterocycles. The third kappa shape index (κ3) is 1.99. The summed E-state index contributed by atoms with van der Waals surface area (Å²) < 4.78 is 0. The molecule has 4 nitrogen and oxygen atoms in total. The summed E-state index contributed by atoms with van der Waals surface area (Å²) in [5.74, 6) is -0.0317. The summed E-state index contributed by atoms with van der Waals surface area (Å²) in [6.45, 7) is 4.82. The highest BCUT2D eigenvalue weighted by Gasteiger charge is 2.31. The maximum atomic E-state index is 11.6. The van der Waals surface area contributed by atoms with Gasteiger partial charge in [-0.3, -0.25) is 9.69 Å². The first-order valence-electron chi connectivity index (χ1n) is 4.79. The maximum absolute atomic E-state index is 11.6. The van der Waals surface area contributed by atoms with Gasteiger partial charge in [-0.05, 0) is 13.3 Å². The van der Waals surface area contributed by atoms with Crippen LogP contribution in [0.2, 0.25) is 0 Å². The van der Waals surface area contributed by atoms with E-state index in [0.29, 0.717) is 13.1 Å². The zero-order valence-electron chi connectivity index (χ0n) is 8.17. The normalized spacial score (nSPS) is 23.2. The Morgan fingerprint density at radius 3 is 2.69 bits per heavy atom. The van der Waals surface area contributed by atoms with Crippen molar-refractivity contribution in [3.8, 4) is 0 Å². The van der Waals surface area contributed by atoms with Gasteiger partial charge < -0.3 is 5.32 Å². The molecule has 74 valence electrons. The first kappa shape index (κ1) is 10.0. The topological polar surface area (TPSA) is 49.4 Å². The quantitative estimate of drug-likeness (QED) is 0.710. The Balaban J connectivity index is 2.63. The van der Waals surface area contributed by atoms with Crippen LogP contribution in [0.25, 0.3) is 0 Å². The molecule has 0 spiro atoms. The Bertz CT molecular complexity index is 216. The highest BCUT2D eigenvalue weighted by atomic mass is 16.2. The molecule has 1 atom stereocenters. The summed E-state index contributed by atoms with van der Waals surface area (Å²) in [5.41, 5.74) is 0. The van der Waals surface area contributed by atoms with Crippen LogP contribution in [0.1, 0.15) is 26.7 Å². The van der Waals surface area contributed by atoms with Gasteiger partial charge in [0.25, 0.3) is 0 Å². The second-order valence-corrected chi connectivity index (χ2v) is 3.25. The van der Waals surface area contributed by atoms with Gasteiger partial charge in [-0.1, -0.05) is 13.3 Å². The van der Waals surface area contributed by atoms with E-state index in [2.05, 4.69) is 5.32 Å². The molecule has 1 aliphatic heterocycles. The average Bonchev–Trinajstić information content (AvgIpc) is 2.11. The highest BCUT2D eigenvalue weighted by molar-refractivity contribution is 5.97. The van der Waals surface area contributed by atoms with Crippen LogP contribution in [0.3, 0.4) is 0 Å². The SMILES string of the molecule is CCCC1CNC(=O)N(CC)C1=O. The van der Waals surface area contributed by atoms with Crippen molar-refractivity contribution < 1.29 is 9.59 Å². The molecule has 3 amide bonds. The van der Waals surface area contributed by atoms with E-state index in [1.807, 2.05) is 13.8 Å². The number of imide groups is 1. The number of carbonyl (C=O) groups is 2. The van der Waals surface area contributed by atoms with Crippen molar-refractivity contribution in [2.45, 2.75) is 26.7 Å². The van der Waals surface area contributed by atoms with Gasteiger partial charge in [0.1, 0.15) is 0 Å². The smallest absolute Gasteiger partial charge is 0.324 e. The summed E-state index contributed by atoms with van der Waals surface area (Å²) >= 11 is 0. The van der Waals surface area contributed by atoms with Crippen LogP contribution in [0.5, 0.6) is 0 Å². The minimum absolute atomic E-state index is 0.0114. The van der Waals surface area contributed by atoms with Gasteiger partial charge in [-0.25, -0.2) is 4.79 Å². The molecule has 13 heavy (non-hydrogen) atoms. The number of urea groups is 1. The molecule has 1 unspecified atom stereocenters. The number of nitrogens with zero attached hydrogens (tertiary/aromatic N) is 1. The molecule has 0 radical (unpaired) electrons. The van der Waals surface area contributed by atoms with Crippen LogP contribution >= 0.6 is 0 Å². The van der Waals surface area contributed by atoms with Gasteiger partial charge in [0, 0.05) is 13.1 Å². The van der Waals surface area contributed by atoms with Crippen LogP contribution in [0, 0.1) is 5.92 Å². The second kappa shape index (κ2) is 4.25. The molecule has 0 aromatic carbocycles. The fraction of sp³-hybridized carbons (Fsp3) is 0.778. The molecule has 4 heteroatoms. The number of hydrogen-bond acceptors (Lipinski definition) is 2. The molecule has 1 saturated heterocycles. The van der Waals surface area contributed by atoms with Crippen LogP contribution in [0.15, 0.2) is 0 Å². The summed E-state index contributed by atoms with van der Waals surface area (Å²) in [5, 5.41) is 2.71. The summed E-state index contributed by atoms with van der Waals surface area (Å²) in [6.07, 6.45) is 1.83. The summed E-state index contributed by atoms with van der Waals surface area (Å²) in [4.78, 5) is 24.1. The van der Waals surface area contributed by atoms with Crippen LogP contribution in [-0.2, 0) is 4.79 Å². The number of rotatable bonds is 3. The number of nitrogens with one attached hydrogen (secondary N) is 1. The number of amides is 3. The molecule has 0 aromatic heterocycles. The molecule has 0 aromatic rings. The van der Waals surface area contributed by atoms with Crippen molar-refractivity contribution >= 4 is 11.9 Å². The molecule has 0 aliphatic carbocycles. The van der Waals surface area contributed by atoms with E-state index < -0.39 is 0 Å². The monoisotopic (exact) mass is 184 g/mol.